The molecule has 0 spiro atoms. The zero-order valence-corrected chi connectivity index (χ0v) is 13.9. The summed E-state index contributed by atoms with van der Waals surface area (Å²) >= 11 is 9.46. The van der Waals surface area contributed by atoms with Gasteiger partial charge in [-0.05, 0) is 46.0 Å². The van der Waals surface area contributed by atoms with E-state index in [9.17, 15) is 0 Å². The average Bonchev–Trinajstić information content (AvgIpc) is 2.35. The Balaban J connectivity index is 2.30. The fourth-order valence-corrected chi connectivity index (χ4v) is 2.55. The summed E-state index contributed by atoms with van der Waals surface area (Å²) in [5.74, 6) is 1.73. The van der Waals surface area contributed by atoms with Gasteiger partial charge in [-0.1, -0.05) is 37.6 Å². The smallest absolute Gasteiger partial charge is 0.141 e. The number of anilines is 1. The highest BCUT2D eigenvalue weighted by Crippen LogP contribution is 2.24. The van der Waals surface area contributed by atoms with Crippen molar-refractivity contribution in [1.29, 1.82) is 0 Å². The summed E-state index contributed by atoms with van der Waals surface area (Å²) in [6.07, 6.45) is 1.50. The molecule has 0 bridgehead atoms. The Morgan fingerprint density at radius 3 is 2.70 bits per heavy atom. The van der Waals surface area contributed by atoms with Crippen molar-refractivity contribution in [3.63, 3.8) is 0 Å². The molecule has 0 amide bonds. The predicted octanol–water partition coefficient (Wildman–Crippen LogP) is 4.26. The van der Waals surface area contributed by atoms with Crippen molar-refractivity contribution in [2.75, 3.05) is 5.73 Å². The molecule has 0 fully saturated rings. The molecule has 0 saturated heterocycles. The van der Waals surface area contributed by atoms with E-state index in [0.29, 0.717) is 18.2 Å². The molecule has 2 N–H and O–H groups in total. The third-order valence-electron chi connectivity index (χ3n) is 2.84. The molecule has 20 heavy (non-hydrogen) atoms. The van der Waals surface area contributed by atoms with Crippen molar-refractivity contribution >= 4 is 33.3 Å². The van der Waals surface area contributed by atoms with E-state index in [1.807, 2.05) is 24.3 Å². The first-order valence-electron chi connectivity index (χ1n) is 6.51. The van der Waals surface area contributed by atoms with Gasteiger partial charge in [-0.2, -0.15) is 0 Å². The van der Waals surface area contributed by atoms with E-state index >= 15 is 0 Å². The van der Waals surface area contributed by atoms with Crippen molar-refractivity contribution in [3.8, 4) is 0 Å². The predicted molar refractivity (Wildman–Crippen MR) is 86.9 cm³/mol. The van der Waals surface area contributed by atoms with E-state index in [1.54, 1.807) is 0 Å². The van der Waals surface area contributed by atoms with Crippen molar-refractivity contribution in [2.45, 2.75) is 26.7 Å². The summed E-state index contributed by atoms with van der Waals surface area (Å²) in [4.78, 5) is 8.96. The fourth-order valence-electron chi connectivity index (χ4n) is 2.00. The molecule has 1 heterocycles. The van der Waals surface area contributed by atoms with E-state index in [-0.39, 0.29) is 0 Å². The van der Waals surface area contributed by atoms with Crippen molar-refractivity contribution in [3.05, 3.63) is 50.8 Å². The maximum Gasteiger partial charge on any atom is 0.141 e. The van der Waals surface area contributed by atoms with E-state index in [0.717, 1.165) is 33.0 Å². The molecule has 0 aliphatic rings. The third-order valence-corrected chi connectivity index (χ3v) is 3.94. The molecule has 3 nitrogen and oxygen atoms in total. The van der Waals surface area contributed by atoms with Crippen LogP contribution < -0.4 is 5.73 Å². The molecule has 1 aromatic carbocycles. The maximum absolute atomic E-state index is 5.99. The molecule has 2 aromatic rings. The minimum atomic E-state index is 0.493. The van der Waals surface area contributed by atoms with E-state index in [1.165, 1.54) is 0 Å². The van der Waals surface area contributed by atoms with Gasteiger partial charge in [0.1, 0.15) is 11.6 Å². The number of rotatable bonds is 4. The molecular formula is C15H17BrClN3. The molecule has 0 aliphatic carbocycles. The van der Waals surface area contributed by atoms with Gasteiger partial charge < -0.3 is 5.73 Å². The van der Waals surface area contributed by atoms with Gasteiger partial charge in [-0.25, -0.2) is 9.97 Å². The molecule has 0 radical (unpaired) electrons. The molecular weight excluding hydrogens is 338 g/mol. The molecule has 2 rings (SSSR count). The number of halogens is 2. The van der Waals surface area contributed by atoms with Gasteiger partial charge in [-0.15, -0.1) is 0 Å². The summed E-state index contributed by atoms with van der Waals surface area (Å²) in [6, 6.07) is 7.71. The quantitative estimate of drug-likeness (QED) is 0.892. The van der Waals surface area contributed by atoms with Gasteiger partial charge in [-0.3, -0.25) is 0 Å². The Morgan fingerprint density at radius 2 is 2.05 bits per heavy atom. The molecule has 1 aromatic heterocycles. The first-order chi connectivity index (χ1) is 9.45. The lowest BCUT2D eigenvalue weighted by molar-refractivity contribution is 0.629. The van der Waals surface area contributed by atoms with Crippen LogP contribution in [0.4, 0.5) is 5.82 Å². The van der Waals surface area contributed by atoms with Crippen LogP contribution in [0.25, 0.3) is 0 Å². The Kier molecular flexibility index (Phi) is 5.00. The molecule has 0 aliphatic heterocycles. The largest absolute Gasteiger partial charge is 0.383 e. The van der Waals surface area contributed by atoms with Crippen LogP contribution in [-0.4, -0.2) is 9.97 Å². The van der Waals surface area contributed by atoms with Crippen molar-refractivity contribution in [2.24, 2.45) is 5.92 Å². The van der Waals surface area contributed by atoms with Crippen LogP contribution in [0.2, 0.25) is 5.02 Å². The lowest BCUT2D eigenvalue weighted by atomic mass is 10.1. The van der Waals surface area contributed by atoms with Crippen LogP contribution in [-0.2, 0) is 12.8 Å². The van der Waals surface area contributed by atoms with Crippen LogP contribution in [0.3, 0.4) is 0 Å². The number of nitrogens with two attached hydrogens (primary N) is 1. The fraction of sp³-hybridized carbons (Fsp3) is 0.333. The van der Waals surface area contributed by atoms with Gasteiger partial charge in [0, 0.05) is 11.4 Å². The number of nitrogens with zero attached hydrogens (tertiary/aromatic N) is 2. The van der Waals surface area contributed by atoms with Crippen LogP contribution in [0.1, 0.15) is 30.9 Å². The number of benzene rings is 1. The topological polar surface area (TPSA) is 51.8 Å². The van der Waals surface area contributed by atoms with Crippen LogP contribution in [0.5, 0.6) is 0 Å². The van der Waals surface area contributed by atoms with E-state index in [2.05, 4.69) is 39.7 Å². The van der Waals surface area contributed by atoms with Crippen molar-refractivity contribution < 1.29 is 0 Å². The Bertz CT molecular complexity index is 614. The highest BCUT2D eigenvalue weighted by atomic mass is 79.9. The Labute approximate surface area is 132 Å². The van der Waals surface area contributed by atoms with Gasteiger partial charge in [0.25, 0.3) is 0 Å². The van der Waals surface area contributed by atoms with Crippen LogP contribution in [0.15, 0.2) is 28.7 Å². The third kappa shape index (κ3) is 3.93. The van der Waals surface area contributed by atoms with Gasteiger partial charge in [0.05, 0.1) is 10.2 Å². The zero-order chi connectivity index (χ0) is 14.7. The van der Waals surface area contributed by atoms with Crippen LogP contribution in [0, 0.1) is 5.92 Å². The van der Waals surface area contributed by atoms with Gasteiger partial charge in [0.15, 0.2) is 0 Å². The van der Waals surface area contributed by atoms with E-state index < -0.39 is 0 Å². The Morgan fingerprint density at radius 1 is 1.30 bits per heavy atom. The standard InChI is InChI=1S/C15H17BrClN3/c1-9(2)6-12-14(16)15(18)20-13(19-12)8-10-4-3-5-11(17)7-10/h3-5,7,9H,6,8H2,1-2H3,(H2,18,19,20). The van der Waals surface area contributed by atoms with Gasteiger partial charge in [0.2, 0.25) is 0 Å². The molecule has 0 saturated carbocycles. The lowest BCUT2D eigenvalue weighted by Crippen LogP contribution is -2.08. The SMILES string of the molecule is CC(C)Cc1nc(Cc2cccc(Cl)c2)nc(N)c1Br. The second kappa shape index (κ2) is 6.55. The summed E-state index contributed by atoms with van der Waals surface area (Å²) in [5, 5.41) is 0.718. The second-order valence-electron chi connectivity index (χ2n) is 5.19. The monoisotopic (exact) mass is 353 g/mol. The number of aromatic nitrogens is 2. The maximum atomic E-state index is 5.99. The summed E-state index contributed by atoms with van der Waals surface area (Å²) in [7, 11) is 0. The Hall–Kier alpha value is -1.13. The normalized spacial score (nSPS) is 11.1. The van der Waals surface area contributed by atoms with Crippen LogP contribution >= 0.6 is 27.5 Å². The molecule has 5 heteroatoms. The lowest BCUT2D eigenvalue weighted by Gasteiger charge is -2.11. The highest BCUT2D eigenvalue weighted by Gasteiger charge is 2.12. The first-order valence-corrected chi connectivity index (χ1v) is 7.68. The zero-order valence-electron chi connectivity index (χ0n) is 11.5. The number of nitrogen functional groups attached to an aromatic ring is 1. The minimum absolute atomic E-state index is 0.493. The highest BCUT2D eigenvalue weighted by molar-refractivity contribution is 9.10. The number of hydrogen-bond donors (Lipinski definition) is 1. The molecule has 106 valence electrons. The number of hydrogen-bond acceptors (Lipinski definition) is 3. The minimum Gasteiger partial charge on any atom is -0.383 e. The molecule has 0 atom stereocenters. The van der Waals surface area contributed by atoms with Crippen molar-refractivity contribution in [1.82, 2.24) is 9.97 Å². The summed E-state index contributed by atoms with van der Waals surface area (Å²) in [5.41, 5.74) is 8.00. The average molecular weight is 355 g/mol. The molecule has 0 unspecified atom stereocenters. The van der Waals surface area contributed by atoms with Gasteiger partial charge >= 0.3 is 0 Å². The second-order valence-corrected chi connectivity index (χ2v) is 6.42. The summed E-state index contributed by atoms with van der Waals surface area (Å²) < 4.78 is 0.807. The first kappa shape index (κ1) is 15.3. The van der Waals surface area contributed by atoms with E-state index in [4.69, 9.17) is 17.3 Å². The summed E-state index contributed by atoms with van der Waals surface area (Å²) in [6.45, 7) is 4.31.